The van der Waals surface area contributed by atoms with Gasteiger partial charge in [0.15, 0.2) is 0 Å². The van der Waals surface area contributed by atoms with E-state index < -0.39 is 0 Å². The monoisotopic (exact) mass is 228 g/mol. The number of hydrogen-bond donors (Lipinski definition) is 0. The molecule has 17 heavy (non-hydrogen) atoms. The normalized spacial score (nSPS) is 21.2. The van der Waals surface area contributed by atoms with Crippen LogP contribution in [0.2, 0.25) is 0 Å². The van der Waals surface area contributed by atoms with Gasteiger partial charge < -0.3 is 0 Å². The highest BCUT2D eigenvalue weighted by Gasteiger charge is 2.27. The number of rotatable bonds is 2. The highest BCUT2D eigenvalue weighted by Crippen LogP contribution is 2.38. The summed E-state index contributed by atoms with van der Waals surface area (Å²) in [7, 11) is 0. The van der Waals surface area contributed by atoms with E-state index in [0.29, 0.717) is 0 Å². The summed E-state index contributed by atoms with van der Waals surface area (Å²) in [5.74, 6) is 0.868. The van der Waals surface area contributed by atoms with Crippen LogP contribution < -0.4 is 0 Å². The SMILES string of the molecule is Cc1ccc(C(C)(C)C2=CCC(C)CC2)cc1. The topological polar surface area (TPSA) is 0 Å². The minimum absolute atomic E-state index is 0.202. The third kappa shape index (κ3) is 2.62. The van der Waals surface area contributed by atoms with Crippen molar-refractivity contribution in [3.8, 4) is 0 Å². The Morgan fingerprint density at radius 2 is 1.76 bits per heavy atom. The van der Waals surface area contributed by atoms with E-state index in [1.165, 1.54) is 30.4 Å². The Bertz CT molecular complexity index is 406. The first-order valence-electron chi connectivity index (χ1n) is 6.77. The molecule has 0 radical (unpaired) electrons. The van der Waals surface area contributed by atoms with Gasteiger partial charge in [0, 0.05) is 5.41 Å². The van der Waals surface area contributed by atoms with Gasteiger partial charge in [-0.05, 0) is 37.7 Å². The highest BCUT2D eigenvalue weighted by atomic mass is 14.3. The molecule has 2 rings (SSSR count). The molecule has 1 aromatic carbocycles. The molecule has 0 heterocycles. The maximum absolute atomic E-state index is 2.48. The van der Waals surface area contributed by atoms with E-state index in [0.717, 1.165) is 5.92 Å². The second kappa shape index (κ2) is 4.68. The van der Waals surface area contributed by atoms with Crippen molar-refractivity contribution in [2.75, 3.05) is 0 Å². The fourth-order valence-electron chi connectivity index (χ4n) is 2.69. The van der Waals surface area contributed by atoms with Gasteiger partial charge in [-0.15, -0.1) is 0 Å². The molecule has 1 unspecified atom stereocenters. The maximum atomic E-state index is 2.48. The lowest BCUT2D eigenvalue weighted by molar-refractivity contribution is 0.467. The van der Waals surface area contributed by atoms with Crippen LogP contribution in [0.4, 0.5) is 0 Å². The third-order valence-electron chi connectivity index (χ3n) is 4.25. The molecule has 1 aliphatic carbocycles. The first kappa shape index (κ1) is 12.4. The Hall–Kier alpha value is -1.04. The minimum atomic E-state index is 0.202. The van der Waals surface area contributed by atoms with Crippen LogP contribution in [0.15, 0.2) is 35.9 Å². The Balaban J connectivity index is 2.26. The maximum Gasteiger partial charge on any atom is 0.0105 e. The summed E-state index contributed by atoms with van der Waals surface area (Å²) in [6.07, 6.45) is 6.35. The fraction of sp³-hybridized carbons (Fsp3) is 0.529. The molecule has 1 atom stereocenters. The molecule has 0 bridgehead atoms. The Labute approximate surface area is 106 Å². The second-order valence-corrected chi connectivity index (χ2v) is 6.10. The van der Waals surface area contributed by atoms with Crippen LogP contribution in [-0.2, 0) is 5.41 Å². The molecule has 0 saturated heterocycles. The predicted octanol–water partition coefficient (Wildman–Crippen LogP) is 5.02. The molecule has 0 aliphatic heterocycles. The summed E-state index contributed by atoms with van der Waals surface area (Å²) >= 11 is 0. The van der Waals surface area contributed by atoms with Gasteiger partial charge >= 0.3 is 0 Å². The molecule has 0 fully saturated rings. The number of allylic oxidation sites excluding steroid dienone is 2. The number of benzene rings is 1. The van der Waals surface area contributed by atoms with Crippen molar-refractivity contribution in [3.63, 3.8) is 0 Å². The minimum Gasteiger partial charge on any atom is -0.0842 e. The lowest BCUT2D eigenvalue weighted by atomic mass is 9.72. The van der Waals surface area contributed by atoms with E-state index in [2.05, 4.69) is 58.0 Å². The first-order valence-corrected chi connectivity index (χ1v) is 6.77. The van der Waals surface area contributed by atoms with E-state index in [1.54, 1.807) is 5.57 Å². The van der Waals surface area contributed by atoms with Gasteiger partial charge in [-0.25, -0.2) is 0 Å². The number of hydrogen-bond acceptors (Lipinski definition) is 0. The molecular formula is C17H24. The molecule has 0 amide bonds. The molecule has 0 nitrogen and oxygen atoms in total. The van der Waals surface area contributed by atoms with Crippen molar-refractivity contribution in [3.05, 3.63) is 47.0 Å². The number of aryl methyl sites for hydroxylation is 1. The van der Waals surface area contributed by atoms with E-state index in [-0.39, 0.29) is 5.41 Å². The molecule has 1 aromatic rings. The van der Waals surface area contributed by atoms with Gasteiger partial charge in [0.1, 0.15) is 0 Å². The zero-order chi connectivity index (χ0) is 12.5. The van der Waals surface area contributed by atoms with Crippen molar-refractivity contribution in [1.29, 1.82) is 0 Å². The molecule has 0 aromatic heterocycles. The fourth-order valence-corrected chi connectivity index (χ4v) is 2.69. The van der Waals surface area contributed by atoms with Gasteiger partial charge in [-0.2, -0.15) is 0 Å². The molecule has 1 aliphatic rings. The van der Waals surface area contributed by atoms with Crippen molar-refractivity contribution < 1.29 is 0 Å². The molecular weight excluding hydrogens is 204 g/mol. The van der Waals surface area contributed by atoms with Gasteiger partial charge in [0.2, 0.25) is 0 Å². The summed E-state index contributed by atoms with van der Waals surface area (Å²) in [6.45, 7) is 9.23. The zero-order valence-corrected chi connectivity index (χ0v) is 11.6. The van der Waals surface area contributed by atoms with E-state index in [1.807, 2.05) is 0 Å². The quantitative estimate of drug-likeness (QED) is 0.623. The second-order valence-electron chi connectivity index (χ2n) is 6.10. The van der Waals surface area contributed by atoms with Gasteiger partial charge in [-0.3, -0.25) is 0 Å². The van der Waals surface area contributed by atoms with Gasteiger partial charge in [0.25, 0.3) is 0 Å². The van der Waals surface area contributed by atoms with Crippen LogP contribution >= 0.6 is 0 Å². The van der Waals surface area contributed by atoms with Gasteiger partial charge in [0.05, 0.1) is 0 Å². The average molecular weight is 228 g/mol. The van der Waals surface area contributed by atoms with Gasteiger partial charge in [-0.1, -0.05) is 62.2 Å². The van der Waals surface area contributed by atoms with E-state index in [9.17, 15) is 0 Å². The largest absolute Gasteiger partial charge is 0.0842 e. The van der Waals surface area contributed by atoms with E-state index >= 15 is 0 Å². The molecule has 0 saturated carbocycles. The lowest BCUT2D eigenvalue weighted by Gasteiger charge is -2.32. The molecule has 92 valence electrons. The van der Waals surface area contributed by atoms with Crippen LogP contribution in [0, 0.1) is 12.8 Å². The summed E-state index contributed by atoms with van der Waals surface area (Å²) < 4.78 is 0. The summed E-state index contributed by atoms with van der Waals surface area (Å²) in [5, 5.41) is 0. The van der Waals surface area contributed by atoms with Crippen LogP contribution in [0.3, 0.4) is 0 Å². The summed E-state index contributed by atoms with van der Waals surface area (Å²) in [6, 6.07) is 9.02. The van der Waals surface area contributed by atoms with Crippen molar-refractivity contribution in [1.82, 2.24) is 0 Å². The lowest BCUT2D eigenvalue weighted by Crippen LogP contribution is -2.22. The smallest absolute Gasteiger partial charge is 0.0105 e. The average Bonchev–Trinajstić information content (AvgIpc) is 2.30. The summed E-state index contributed by atoms with van der Waals surface area (Å²) in [5.41, 5.74) is 4.62. The van der Waals surface area contributed by atoms with Crippen LogP contribution in [0.25, 0.3) is 0 Å². The highest BCUT2D eigenvalue weighted by molar-refractivity contribution is 5.36. The molecule has 0 spiro atoms. The Morgan fingerprint density at radius 1 is 1.12 bits per heavy atom. The third-order valence-corrected chi connectivity index (χ3v) is 4.25. The Morgan fingerprint density at radius 3 is 2.29 bits per heavy atom. The zero-order valence-electron chi connectivity index (χ0n) is 11.6. The van der Waals surface area contributed by atoms with Crippen LogP contribution in [0.5, 0.6) is 0 Å². The Kier molecular flexibility index (Phi) is 3.42. The van der Waals surface area contributed by atoms with Crippen LogP contribution in [0.1, 0.15) is 51.2 Å². The molecule has 0 heteroatoms. The standard InChI is InChI=1S/C17H24/c1-13-5-9-15(10-6-13)17(3,4)16-11-7-14(2)8-12-16/h5-6,9-11,14H,7-8,12H2,1-4H3. The van der Waals surface area contributed by atoms with Crippen molar-refractivity contribution in [2.45, 2.75) is 52.4 Å². The van der Waals surface area contributed by atoms with E-state index in [4.69, 9.17) is 0 Å². The van der Waals surface area contributed by atoms with Crippen molar-refractivity contribution in [2.24, 2.45) is 5.92 Å². The predicted molar refractivity (Wildman–Crippen MR) is 75.3 cm³/mol. The summed E-state index contributed by atoms with van der Waals surface area (Å²) in [4.78, 5) is 0. The van der Waals surface area contributed by atoms with Crippen molar-refractivity contribution >= 4 is 0 Å². The van der Waals surface area contributed by atoms with Crippen LogP contribution in [-0.4, -0.2) is 0 Å². The first-order chi connectivity index (χ1) is 8.00. The molecule has 0 N–H and O–H groups in total.